The maximum Gasteiger partial charge on any atom is 0.0194 e. The van der Waals surface area contributed by atoms with Gasteiger partial charge >= 0.3 is 0 Å². The van der Waals surface area contributed by atoms with E-state index in [9.17, 15) is 0 Å². The van der Waals surface area contributed by atoms with Crippen LogP contribution in [0.15, 0.2) is 36.5 Å². The predicted molar refractivity (Wildman–Crippen MR) is 79.0 cm³/mol. The fraction of sp³-hybridized carbons (Fsp3) is 0.412. The van der Waals surface area contributed by atoms with Crippen molar-refractivity contribution in [3.05, 3.63) is 47.8 Å². The molecule has 0 aliphatic heterocycles. The topological polar surface area (TPSA) is 4.93 Å². The van der Waals surface area contributed by atoms with Gasteiger partial charge in [0.2, 0.25) is 0 Å². The van der Waals surface area contributed by atoms with Gasteiger partial charge in [-0.3, -0.25) is 0 Å². The van der Waals surface area contributed by atoms with E-state index in [4.69, 9.17) is 0 Å². The Morgan fingerprint density at radius 3 is 2.17 bits per heavy atom. The van der Waals surface area contributed by atoms with Crippen LogP contribution in [0.4, 0.5) is 0 Å². The van der Waals surface area contributed by atoms with Crippen molar-refractivity contribution < 1.29 is 0 Å². The van der Waals surface area contributed by atoms with E-state index in [1.807, 2.05) is 0 Å². The smallest absolute Gasteiger partial charge is 0.0194 e. The van der Waals surface area contributed by atoms with Crippen LogP contribution in [-0.2, 0) is 12.0 Å². The Morgan fingerprint density at radius 1 is 1.06 bits per heavy atom. The first-order valence-corrected chi connectivity index (χ1v) is 6.70. The summed E-state index contributed by atoms with van der Waals surface area (Å²) in [4.78, 5) is 0. The maximum absolute atomic E-state index is 2.35. The van der Waals surface area contributed by atoms with Crippen molar-refractivity contribution in [1.29, 1.82) is 0 Å². The summed E-state index contributed by atoms with van der Waals surface area (Å²) in [5.41, 5.74) is 5.73. The highest BCUT2D eigenvalue weighted by Gasteiger charge is 2.24. The molecule has 1 nitrogen and oxygen atoms in total. The zero-order valence-electron chi connectivity index (χ0n) is 12.1. The lowest BCUT2D eigenvalue weighted by Crippen LogP contribution is -2.13. The Hall–Kier alpha value is -1.50. The Labute approximate surface area is 110 Å². The van der Waals surface area contributed by atoms with Gasteiger partial charge in [0, 0.05) is 24.0 Å². The minimum atomic E-state index is 0.176. The second-order valence-corrected chi connectivity index (χ2v) is 5.91. The molecular weight excluding hydrogens is 218 g/mol. The summed E-state index contributed by atoms with van der Waals surface area (Å²) in [5.74, 6) is 0. The zero-order valence-corrected chi connectivity index (χ0v) is 12.1. The first-order valence-electron chi connectivity index (χ1n) is 6.70. The van der Waals surface area contributed by atoms with Gasteiger partial charge in [-0.2, -0.15) is 0 Å². The molecule has 0 saturated carbocycles. The molecule has 0 spiro atoms. The van der Waals surface area contributed by atoms with E-state index in [-0.39, 0.29) is 5.41 Å². The molecule has 18 heavy (non-hydrogen) atoms. The van der Waals surface area contributed by atoms with Crippen LogP contribution in [0.2, 0.25) is 0 Å². The van der Waals surface area contributed by atoms with Crippen LogP contribution in [0.25, 0.3) is 11.1 Å². The largest absolute Gasteiger partial charge is 0.351 e. The minimum Gasteiger partial charge on any atom is -0.351 e. The van der Waals surface area contributed by atoms with Crippen molar-refractivity contribution in [3.8, 4) is 11.1 Å². The molecule has 0 aliphatic rings. The highest BCUT2D eigenvalue weighted by atomic mass is 15.0. The van der Waals surface area contributed by atoms with E-state index >= 15 is 0 Å². The lowest BCUT2D eigenvalue weighted by atomic mass is 9.83. The number of nitrogens with zero attached hydrogens (tertiary/aromatic N) is 1. The first-order chi connectivity index (χ1) is 8.45. The van der Waals surface area contributed by atoms with Gasteiger partial charge in [-0.05, 0) is 30.4 Å². The summed E-state index contributed by atoms with van der Waals surface area (Å²) in [6.45, 7) is 12.3. The molecule has 2 rings (SSSR count). The number of benzene rings is 1. The lowest BCUT2D eigenvalue weighted by molar-refractivity contribution is 0.581. The highest BCUT2D eigenvalue weighted by Crippen LogP contribution is 2.36. The van der Waals surface area contributed by atoms with Crippen LogP contribution < -0.4 is 0 Å². The third-order valence-corrected chi connectivity index (χ3v) is 3.52. The Kier molecular flexibility index (Phi) is 3.34. The molecule has 0 amide bonds. The Morgan fingerprint density at radius 2 is 1.67 bits per heavy atom. The monoisotopic (exact) mass is 241 g/mol. The molecule has 0 bridgehead atoms. The minimum absolute atomic E-state index is 0.176. The normalized spacial score (nSPS) is 11.8. The SMILES string of the molecule is CCn1cc(-c2ccccc2)c(C(C)(C)C)c1C. The van der Waals surface area contributed by atoms with Gasteiger partial charge in [-0.15, -0.1) is 0 Å². The van der Waals surface area contributed by atoms with Crippen molar-refractivity contribution >= 4 is 0 Å². The van der Waals surface area contributed by atoms with Gasteiger partial charge in [0.15, 0.2) is 0 Å². The van der Waals surface area contributed by atoms with E-state index in [2.05, 4.69) is 75.7 Å². The highest BCUT2D eigenvalue weighted by molar-refractivity contribution is 5.69. The van der Waals surface area contributed by atoms with Gasteiger partial charge in [-0.25, -0.2) is 0 Å². The summed E-state index contributed by atoms with van der Waals surface area (Å²) in [7, 11) is 0. The van der Waals surface area contributed by atoms with Gasteiger partial charge in [-0.1, -0.05) is 51.1 Å². The zero-order chi connectivity index (χ0) is 13.3. The van der Waals surface area contributed by atoms with Gasteiger partial charge < -0.3 is 4.57 Å². The fourth-order valence-corrected chi connectivity index (χ4v) is 2.77. The molecule has 0 saturated heterocycles. The molecule has 0 aliphatic carbocycles. The van der Waals surface area contributed by atoms with Gasteiger partial charge in [0.05, 0.1) is 0 Å². The molecule has 1 aromatic carbocycles. The molecular formula is C17H23N. The van der Waals surface area contributed by atoms with E-state index in [0.717, 1.165) is 6.54 Å². The lowest BCUT2D eigenvalue weighted by Gasteiger charge is -2.21. The summed E-state index contributed by atoms with van der Waals surface area (Å²) >= 11 is 0. The predicted octanol–water partition coefficient (Wildman–Crippen LogP) is 4.78. The van der Waals surface area contributed by atoms with Crippen LogP contribution in [0, 0.1) is 6.92 Å². The van der Waals surface area contributed by atoms with Crippen molar-refractivity contribution in [3.63, 3.8) is 0 Å². The van der Waals surface area contributed by atoms with E-state index in [0.29, 0.717) is 0 Å². The molecule has 96 valence electrons. The molecule has 0 fully saturated rings. The second kappa shape index (κ2) is 4.64. The number of aromatic nitrogens is 1. The molecule has 1 aromatic heterocycles. The molecule has 2 aromatic rings. The number of aryl methyl sites for hydroxylation is 1. The van der Waals surface area contributed by atoms with Crippen molar-refractivity contribution in [2.45, 2.75) is 46.6 Å². The Bertz CT molecular complexity index is 527. The molecule has 0 unspecified atom stereocenters. The quantitative estimate of drug-likeness (QED) is 0.713. The van der Waals surface area contributed by atoms with Crippen molar-refractivity contribution in [2.75, 3.05) is 0 Å². The van der Waals surface area contributed by atoms with Gasteiger partial charge in [0.1, 0.15) is 0 Å². The van der Waals surface area contributed by atoms with E-state index in [1.165, 1.54) is 22.4 Å². The number of rotatable bonds is 2. The average Bonchev–Trinajstić information content (AvgIpc) is 2.67. The number of hydrogen-bond donors (Lipinski definition) is 0. The van der Waals surface area contributed by atoms with Crippen molar-refractivity contribution in [2.24, 2.45) is 0 Å². The number of hydrogen-bond acceptors (Lipinski definition) is 0. The summed E-state index contributed by atoms with van der Waals surface area (Å²) in [5, 5.41) is 0. The fourth-order valence-electron chi connectivity index (χ4n) is 2.77. The third kappa shape index (κ3) is 2.22. The molecule has 1 heterocycles. The molecule has 0 N–H and O–H groups in total. The Balaban J connectivity index is 2.68. The van der Waals surface area contributed by atoms with Crippen LogP contribution in [0.5, 0.6) is 0 Å². The summed E-state index contributed by atoms with van der Waals surface area (Å²) < 4.78 is 2.35. The van der Waals surface area contributed by atoms with Crippen LogP contribution in [0.3, 0.4) is 0 Å². The summed E-state index contributed by atoms with van der Waals surface area (Å²) in [6.07, 6.45) is 2.30. The third-order valence-electron chi connectivity index (χ3n) is 3.52. The van der Waals surface area contributed by atoms with Crippen LogP contribution in [-0.4, -0.2) is 4.57 Å². The van der Waals surface area contributed by atoms with Crippen molar-refractivity contribution in [1.82, 2.24) is 4.57 Å². The maximum atomic E-state index is 2.35. The first kappa shape index (κ1) is 12.9. The van der Waals surface area contributed by atoms with Crippen LogP contribution in [0.1, 0.15) is 39.0 Å². The van der Waals surface area contributed by atoms with Crippen LogP contribution >= 0.6 is 0 Å². The molecule has 0 atom stereocenters. The summed E-state index contributed by atoms with van der Waals surface area (Å²) in [6, 6.07) is 10.7. The molecule has 1 heteroatoms. The standard InChI is InChI=1S/C17H23N/c1-6-18-12-15(14-10-8-7-9-11-14)16(13(18)2)17(3,4)5/h7-12H,6H2,1-5H3. The van der Waals surface area contributed by atoms with E-state index < -0.39 is 0 Å². The average molecular weight is 241 g/mol. The van der Waals surface area contributed by atoms with Gasteiger partial charge in [0.25, 0.3) is 0 Å². The molecule has 0 radical (unpaired) electrons. The second-order valence-electron chi connectivity index (χ2n) is 5.91. The van der Waals surface area contributed by atoms with E-state index in [1.54, 1.807) is 0 Å².